The zero-order chi connectivity index (χ0) is 59.9. The molecule has 0 rings (SSSR count). The molecule has 0 bridgehead atoms. The van der Waals surface area contributed by atoms with Gasteiger partial charge in [-0.15, -0.1) is 0 Å². The highest BCUT2D eigenvalue weighted by Gasteiger charge is 2.20. The molecular formula is C77H145NO5. The van der Waals surface area contributed by atoms with Gasteiger partial charge in [0.25, 0.3) is 0 Å². The Bertz CT molecular complexity index is 1390. The lowest BCUT2D eigenvalue weighted by molar-refractivity contribution is -0.143. The Morgan fingerprint density at radius 1 is 0.337 bits per heavy atom. The maximum absolute atomic E-state index is 12.5. The fourth-order valence-electron chi connectivity index (χ4n) is 11.7. The molecule has 2 unspecified atom stereocenters. The summed E-state index contributed by atoms with van der Waals surface area (Å²) in [6.07, 6.45) is 94.7. The molecule has 6 nitrogen and oxygen atoms in total. The minimum absolute atomic E-state index is 0.00345. The van der Waals surface area contributed by atoms with Crippen molar-refractivity contribution in [2.45, 2.75) is 418 Å². The van der Waals surface area contributed by atoms with Gasteiger partial charge in [0.05, 0.1) is 25.4 Å². The third-order valence-corrected chi connectivity index (χ3v) is 17.3. The zero-order valence-electron chi connectivity index (χ0n) is 55.9. The zero-order valence-corrected chi connectivity index (χ0v) is 55.9. The maximum Gasteiger partial charge on any atom is 0.305 e. The van der Waals surface area contributed by atoms with Crippen molar-refractivity contribution in [2.75, 3.05) is 13.2 Å². The predicted octanol–water partition coefficient (Wildman–Crippen LogP) is 24.4. The van der Waals surface area contributed by atoms with E-state index in [4.69, 9.17) is 4.74 Å². The first-order chi connectivity index (χ1) is 41.0. The maximum atomic E-state index is 12.5. The largest absolute Gasteiger partial charge is 0.466 e. The van der Waals surface area contributed by atoms with E-state index >= 15 is 0 Å². The molecule has 0 saturated carbocycles. The van der Waals surface area contributed by atoms with Gasteiger partial charge in [-0.05, 0) is 83.5 Å². The van der Waals surface area contributed by atoms with Gasteiger partial charge in [-0.2, -0.15) is 0 Å². The van der Waals surface area contributed by atoms with Gasteiger partial charge < -0.3 is 20.3 Å². The van der Waals surface area contributed by atoms with Crippen molar-refractivity contribution in [3.63, 3.8) is 0 Å². The van der Waals surface area contributed by atoms with Crippen LogP contribution < -0.4 is 5.32 Å². The molecule has 0 aliphatic carbocycles. The second-order valence-corrected chi connectivity index (χ2v) is 25.6. The van der Waals surface area contributed by atoms with Crippen LogP contribution in [0, 0.1) is 0 Å². The van der Waals surface area contributed by atoms with Crippen LogP contribution >= 0.6 is 0 Å². The number of aliphatic hydroxyl groups excluding tert-OH is 2. The number of unbranched alkanes of at least 4 members (excludes halogenated alkanes) is 51. The average Bonchev–Trinajstić information content (AvgIpc) is 3.49. The molecule has 83 heavy (non-hydrogen) atoms. The molecule has 3 N–H and O–H groups in total. The van der Waals surface area contributed by atoms with E-state index in [2.05, 4.69) is 67.8 Å². The van der Waals surface area contributed by atoms with E-state index in [1.165, 1.54) is 315 Å². The molecule has 0 heterocycles. The molecule has 0 aliphatic heterocycles. The molecule has 0 aromatic heterocycles. The van der Waals surface area contributed by atoms with Gasteiger partial charge in [-0.25, -0.2) is 0 Å². The van der Waals surface area contributed by atoms with Crippen LogP contribution in [0.4, 0.5) is 0 Å². The fraction of sp³-hybridized carbons (Fsp3) is 0.870. The van der Waals surface area contributed by atoms with Crippen molar-refractivity contribution in [1.82, 2.24) is 5.32 Å². The highest BCUT2D eigenvalue weighted by Crippen LogP contribution is 2.19. The number of hydrogen-bond donors (Lipinski definition) is 3. The number of allylic oxidation sites excluding steroid dienone is 8. The number of aliphatic hydroxyl groups is 2. The fourth-order valence-corrected chi connectivity index (χ4v) is 11.7. The highest BCUT2D eigenvalue weighted by molar-refractivity contribution is 5.76. The molecule has 0 saturated heterocycles. The molecule has 6 heteroatoms. The molecule has 0 fully saturated rings. The summed E-state index contributed by atoms with van der Waals surface area (Å²) in [5.74, 6) is -0.0258. The second-order valence-electron chi connectivity index (χ2n) is 25.6. The van der Waals surface area contributed by atoms with Gasteiger partial charge in [-0.1, -0.05) is 358 Å². The molecule has 0 aliphatic rings. The lowest BCUT2D eigenvalue weighted by atomic mass is 10.0. The third-order valence-electron chi connectivity index (χ3n) is 17.3. The third kappa shape index (κ3) is 68.8. The van der Waals surface area contributed by atoms with Crippen molar-refractivity contribution in [3.05, 3.63) is 48.6 Å². The summed E-state index contributed by atoms with van der Waals surface area (Å²) < 4.78 is 5.48. The van der Waals surface area contributed by atoms with Crippen molar-refractivity contribution in [1.29, 1.82) is 0 Å². The van der Waals surface area contributed by atoms with Crippen LogP contribution in [0.5, 0.6) is 0 Å². The number of nitrogens with one attached hydrogen (secondary N) is 1. The number of carbonyl (C=O) groups excluding carboxylic acids is 2. The summed E-state index contributed by atoms with van der Waals surface area (Å²) in [6.45, 7) is 4.91. The lowest BCUT2D eigenvalue weighted by Gasteiger charge is -2.22. The molecule has 0 radical (unpaired) electrons. The van der Waals surface area contributed by atoms with E-state index in [0.717, 1.165) is 57.8 Å². The molecular weight excluding hydrogens is 1020 g/mol. The number of rotatable bonds is 70. The molecule has 0 aromatic carbocycles. The number of hydrogen-bond acceptors (Lipinski definition) is 5. The van der Waals surface area contributed by atoms with Crippen molar-refractivity contribution in [2.24, 2.45) is 0 Å². The quantitative estimate of drug-likeness (QED) is 0.0320. The summed E-state index contributed by atoms with van der Waals surface area (Å²) >= 11 is 0. The van der Waals surface area contributed by atoms with E-state index in [-0.39, 0.29) is 18.5 Å². The van der Waals surface area contributed by atoms with Crippen LogP contribution in [0.15, 0.2) is 48.6 Å². The molecule has 1 amide bonds. The van der Waals surface area contributed by atoms with E-state index < -0.39 is 12.1 Å². The van der Waals surface area contributed by atoms with Crippen molar-refractivity contribution in [3.8, 4) is 0 Å². The average molecular weight is 1170 g/mol. The van der Waals surface area contributed by atoms with Gasteiger partial charge in [0.2, 0.25) is 5.91 Å². The number of carbonyl (C=O) groups is 2. The van der Waals surface area contributed by atoms with Crippen LogP contribution in [0.2, 0.25) is 0 Å². The van der Waals surface area contributed by atoms with Crippen molar-refractivity contribution >= 4 is 11.9 Å². The Kier molecular flexibility index (Phi) is 70.4. The first-order valence-electron chi connectivity index (χ1n) is 37.4. The smallest absolute Gasteiger partial charge is 0.305 e. The Balaban J connectivity index is 3.36. The Labute approximate surface area is 518 Å². The molecule has 488 valence electrons. The van der Waals surface area contributed by atoms with Crippen molar-refractivity contribution < 1.29 is 24.5 Å². The summed E-state index contributed by atoms with van der Waals surface area (Å²) in [5.41, 5.74) is 0. The molecule has 0 aromatic rings. The van der Waals surface area contributed by atoms with Crippen LogP contribution in [-0.2, 0) is 14.3 Å². The van der Waals surface area contributed by atoms with E-state index in [0.29, 0.717) is 25.9 Å². The predicted molar refractivity (Wildman–Crippen MR) is 366 cm³/mol. The van der Waals surface area contributed by atoms with Crippen LogP contribution in [0.3, 0.4) is 0 Å². The topological polar surface area (TPSA) is 95.9 Å². The van der Waals surface area contributed by atoms with Gasteiger partial charge >= 0.3 is 5.97 Å². The molecule has 2 atom stereocenters. The van der Waals surface area contributed by atoms with E-state index in [1.807, 2.05) is 0 Å². The normalized spacial score (nSPS) is 12.8. The van der Waals surface area contributed by atoms with Crippen LogP contribution in [0.25, 0.3) is 0 Å². The first kappa shape index (κ1) is 80.8. The van der Waals surface area contributed by atoms with E-state index in [9.17, 15) is 19.8 Å². The summed E-state index contributed by atoms with van der Waals surface area (Å²) in [7, 11) is 0. The lowest BCUT2D eigenvalue weighted by Crippen LogP contribution is -2.45. The van der Waals surface area contributed by atoms with Crippen LogP contribution in [-0.4, -0.2) is 47.4 Å². The number of amides is 1. The van der Waals surface area contributed by atoms with Gasteiger partial charge in [-0.3, -0.25) is 9.59 Å². The monoisotopic (exact) mass is 1160 g/mol. The second kappa shape index (κ2) is 72.3. The Hall–Kier alpha value is -2.18. The summed E-state index contributed by atoms with van der Waals surface area (Å²) in [5, 5.41) is 23.4. The van der Waals surface area contributed by atoms with Gasteiger partial charge in [0.15, 0.2) is 0 Å². The number of esters is 1. The minimum atomic E-state index is -0.663. The first-order valence-corrected chi connectivity index (χ1v) is 37.4. The Morgan fingerprint density at radius 3 is 0.964 bits per heavy atom. The van der Waals surface area contributed by atoms with Gasteiger partial charge in [0, 0.05) is 12.8 Å². The SMILES string of the molecule is CCC/C=C\C/C=C\CCCCCCCC(=O)OCCCCCCCCCCCCCCC/C=C\C/C=C\CCCCCCCCCCCCCCCCCCCC(=O)NC(CO)C(O)CCCCCCCCCCCCCCCCCC. The summed E-state index contributed by atoms with van der Waals surface area (Å²) in [4.78, 5) is 24.6. The minimum Gasteiger partial charge on any atom is -0.466 e. The summed E-state index contributed by atoms with van der Waals surface area (Å²) in [6, 6.07) is -0.540. The van der Waals surface area contributed by atoms with Gasteiger partial charge in [0.1, 0.15) is 0 Å². The van der Waals surface area contributed by atoms with E-state index in [1.54, 1.807) is 0 Å². The number of ether oxygens (including phenoxy) is 1. The Morgan fingerprint density at radius 2 is 0.627 bits per heavy atom. The highest BCUT2D eigenvalue weighted by atomic mass is 16.5. The van der Waals surface area contributed by atoms with Crippen LogP contribution in [0.1, 0.15) is 406 Å². The molecule has 0 spiro atoms. The standard InChI is InChI=1S/C77H145NO5/c1-3-5-7-9-11-13-15-17-18-42-46-49-53-57-61-65-69-75(80)74(73-79)78-76(81)70-66-62-58-54-50-47-43-40-38-36-34-32-30-28-26-24-22-20-19-21-23-25-27-29-31-33-35-37-39-41-44-48-52-56-60-64-68-72-83-77(82)71-67-63-59-55-51-45-16-14-12-10-8-6-4-2/h8,10,14,16,19,21,25,27,74-75,79-80H,3-7,9,11-13,15,17-18,20,22-24,26,28-73H2,1-2H3,(H,78,81)/b10-8-,16-14-,21-19-,27-25-.